The number of benzene rings is 1. The quantitative estimate of drug-likeness (QED) is 0.609. The highest BCUT2D eigenvalue weighted by atomic mass is 28.3. The van der Waals surface area contributed by atoms with E-state index < -0.39 is 8.07 Å². The smallest absolute Gasteiger partial charge is 0.0652 e. The van der Waals surface area contributed by atoms with Crippen molar-refractivity contribution in [1.29, 1.82) is 0 Å². The predicted octanol–water partition coefficient (Wildman–Crippen LogP) is 3.66. The molecule has 90 valence electrons. The van der Waals surface area contributed by atoms with Crippen molar-refractivity contribution < 1.29 is 0 Å². The largest absolute Gasteiger partial charge is 0.0844 e. The van der Waals surface area contributed by atoms with Crippen molar-refractivity contribution in [3.63, 3.8) is 0 Å². The third kappa shape index (κ3) is 1.24. The number of hydrogen-bond donors (Lipinski definition) is 0. The van der Waals surface area contributed by atoms with E-state index in [1.54, 1.807) is 28.8 Å². The molecule has 0 saturated heterocycles. The minimum Gasteiger partial charge on any atom is -0.0652 e. The van der Waals surface area contributed by atoms with E-state index >= 15 is 0 Å². The molecular weight excluding hydrogens is 220 g/mol. The molecule has 2 heterocycles. The zero-order valence-corrected chi connectivity index (χ0v) is 12.1. The van der Waals surface area contributed by atoms with Crippen LogP contribution < -0.4 is 5.19 Å². The van der Waals surface area contributed by atoms with Crippen molar-refractivity contribution in [1.82, 2.24) is 0 Å². The summed E-state index contributed by atoms with van der Waals surface area (Å²) in [5, 5.41) is 1.96. The molecule has 2 aliphatic heterocycles. The molecule has 1 aliphatic carbocycles. The van der Waals surface area contributed by atoms with Crippen molar-refractivity contribution >= 4 is 13.3 Å². The van der Waals surface area contributed by atoms with E-state index in [4.69, 9.17) is 0 Å². The van der Waals surface area contributed by atoms with E-state index in [0.29, 0.717) is 0 Å². The van der Waals surface area contributed by atoms with Gasteiger partial charge in [0.1, 0.15) is 0 Å². The van der Waals surface area contributed by atoms with Crippen molar-refractivity contribution in [3.05, 3.63) is 28.3 Å². The van der Waals surface area contributed by atoms with Crippen molar-refractivity contribution in [3.8, 4) is 0 Å². The Morgan fingerprint density at radius 1 is 1.18 bits per heavy atom. The van der Waals surface area contributed by atoms with Gasteiger partial charge in [0.2, 0.25) is 0 Å². The summed E-state index contributed by atoms with van der Waals surface area (Å²) in [6, 6.07) is 5.72. The SMILES string of the molecule is Cc1cc2c3c4c1CCC4CC[Si]3(C)CCC2. The van der Waals surface area contributed by atoms with Gasteiger partial charge in [-0.15, -0.1) is 0 Å². The number of hydrogen-bond acceptors (Lipinski definition) is 0. The van der Waals surface area contributed by atoms with Crippen LogP contribution in [0, 0.1) is 6.92 Å². The first-order valence-corrected chi connectivity index (χ1v) is 10.3. The van der Waals surface area contributed by atoms with Crippen LogP contribution in [0.15, 0.2) is 6.07 Å². The highest BCUT2D eigenvalue weighted by Crippen LogP contribution is 2.46. The molecule has 1 aromatic carbocycles. The third-order valence-corrected chi connectivity index (χ3v) is 10.4. The summed E-state index contributed by atoms with van der Waals surface area (Å²) in [5.41, 5.74) is 7.05. The van der Waals surface area contributed by atoms with E-state index in [9.17, 15) is 0 Å². The fourth-order valence-electron chi connectivity index (χ4n) is 4.94. The Hall–Kier alpha value is -0.563. The molecule has 0 N–H and O–H groups in total. The summed E-state index contributed by atoms with van der Waals surface area (Å²) in [7, 11) is -1.05. The van der Waals surface area contributed by atoms with Crippen molar-refractivity contribution in [2.75, 3.05) is 0 Å². The first kappa shape index (κ1) is 10.4. The van der Waals surface area contributed by atoms with Crippen LogP contribution in [0.5, 0.6) is 0 Å². The molecule has 3 aliphatic rings. The minimum atomic E-state index is -1.05. The second-order valence-electron chi connectivity index (χ2n) is 6.81. The maximum atomic E-state index is 2.68. The average Bonchev–Trinajstić information content (AvgIpc) is 2.72. The Labute approximate surface area is 105 Å². The maximum absolute atomic E-state index is 2.68. The number of aryl methyl sites for hydroxylation is 2. The van der Waals surface area contributed by atoms with Crippen LogP contribution in [-0.4, -0.2) is 8.07 Å². The van der Waals surface area contributed by atoms with Gasteiger partial charge >= 0.3 is 0 Å². The van der Waals surface area contributed by atoms with Crippen LogP contribution in [0.25, 0.3) is 0 Å². The zero-order chi connectivity index (χ0) is 11.6. The molecule has 1 heteroatoms. The Bertz CT molecular complexity index is 503. The molecule has 2 unspecified atom stereocenters. The number of rotatable bonds is 0. The van der Waals surface area contributed by atoms with Gasteiger partial charge in [0, 0.05) is 0 Å². The first-order chi connectivity index (χ1) is 8.19. The second-order valence-corrected chi connectivity index (χ2v) is 11.4. The molecule has 17 heavy (non-hydrogen) atoms. The molecule has 4 rings (SSSR count). The van der Waals surface area contributed by atoms with Crippen LogP contribution in [0.1, 0.15) is 47.4 Å². The van der Waals surface area contributed by atoms with Gasteiger partial charge in [0.25, 0.3) is 0 Å². The highest BCUT2D eigenvalue weighted by Gasteiger charge is 2.44. The van der Waals surface area contributed by atoms with Gasteiger partial charge in [0.15, 0.2) is 0 Å². The lowest BCUT2D eigenvalue weighted by Crippen LogP contribution is -2.53. The first-order valence-electron chi connectivity index (χ1n) is 7.35. The van der Waals surface area contributed by atoms with Gasteiger partial charge < -0.3 is 0 Å². The lowest BCUT2D eigenvalue weighted by molar-refractivity contribution is 0.639. The van der Waals surface area contributed by atoms with Crippen molar-refractivity contribution in [2.45, 2.75) is 63.6 Å². The Morgan fingerprint density at radius 2 is 2.06 bits per heavy atom. The predicted molar refractivity (Wildman–Crippen MR) is 76.0 cm³/mol. The summed E-state index contributed by atoms with van der Waals surface area (Å²) < 4.78 is 0. The van der Waals surface area contributed by atoms with E-state index in [-0.39, 0.29) is 0 Å². The van der Waals surface area contributed by atoms with Gasteiger partial charge in [-0.25, -0.2) is 0 Å². The van der Waals surface area contributed by atoms with Gasteiger partial charge in [-0.3, -0.25) is 0 Å². The molecule has 2 atom stereocenters. The summed E-state index contributed by atoms with van der Waals surface area (Å²) in [4.78, 5) is 0. The fraction of sp³-hybridized carbons (Fsp3) is 0.625. The topological polar surface area (TPSA) is 0 Å². The second kappa shape index (κ2) is 3.26. The van der Waals surface area contributed by atoms with Crippen LogP contribution in [0.2, 0.25) is 18.6 Å². The minimum absolute atomic E-state index is 0.956. The molecule has 0 nitrogen and oxygen atoms in total. The molecular formula is C16H22Si. The molecule has 0 radical (unpaired) electrons. The molecule has 0 fully saturated rings. The monoisotopic (exact) mass is 242 g/mol. The van der Waals surface area contributed by atoms with E-state index in [1.807, 2.05) is 10.8 Å². The molecule has 0 bridgehead atoms. The Kier molecular flexibility index (Phi) is 1.99. The van der Waals surface area contributed by atoms with Crippen molar-refractivity contribution in [2.24, 2.45) is 0 Å². The van der Waals surface area contributed by atoms with Crippen LogP contribution in [0.3, 0.4) is 0 Å². The van der Waals surface area contributed by atoms with Gasteiger partial charge in [-0.1, -0.05) is 36.3 Å². The van der Waals surface area contributed by atoms with Crippen LogP contribution in [0.4, 0.5) is 0 Å². The maximum Gasteiger partial charge on any atom is 0.0844 e. The van der Waals surface area contributed by atoms with E-state index in [0.717, 1.165) is 5.92 Å². The highest BCUT2D eigenvalue weighted by molar-refractivity contribution is 6.92. The zero-order valence-electron chi connectivity index (χ0n) is 11.1. The van der Waals surface area contributed by atoms with E-state index in [2.05, 4.69) is 19.5 Å². The standard InChI is InChI=1S/C16H22Si/c1-11-10-13-4-3-8-17(2)9-7-12-5-6-14(11)15(12)16(13)17/h10,12H,3-9H2,1-2H3. The van der Waals surface area contributed by atoms with Crippen LogP contribution in [-0.2, 0) is 12.8 Å². The lowest BCUT2D eigenvalue weighted by Gasteiger charge is -2.42. The lowest BCUT2D eigenvalue weighted by atomic mass is 9.92. The third-order valence-electron chi connectivity index (χ3n) is 5.76. The van der Waals surface area contributed by atoms with Gasteiger partial charge in [-0.05, 0) is 60.8 Å². The summed E-state index contributed by atoms with van der Waals surface area (Å²) >= 11 is 0. The normalized spacial score (nSPS) is 33.6. The molecule has 1 aromatic rings. The Morgan fingerprint density at radius 3 is 2.94 bits per heavy atom. The molecule has 0 spiro atoms. The Balaban J connectivity index is 2.07. The fourth-order valence-corrected chi connectivity index (χ4v) is 9.61. The summed E-state index contributed by atoms with van der Waals surface area (Å²) in [5.74, 6) is 0.956. The van der Waals surface area contributed by atoms with Crippen LogP contribution >= 0.6 is 0 Å². The summed E-state index contributed by atoms with van der Waals surface area (Å²) in [6.07, 6.45) is 7.20. The van der Waals surface area contributed by atoms with Gasteiger partial charge in [0.05, 0.1) is 8.07 Å². The van der Waals surface area contributed by atoms with E-state index in [1.165, 1.54) is 32.1 Å². The average molecular weight is 242 g/mol. The summed E-state index contributed by atoms with van der Waals surface area (Å²) in [6.45, 7) is 5.03. The molecule has 0 aromatic heterocycles. The van der Waals surface area contributed by atoms with Gasteiger partial charge in [-0.2, -0.15) is 0 Å². The molecule has 0 amide bonds. The molecule has 0 saturated carbocycles.